The molecule has 0 saturated carbocycles. The third-order valence-corrected chi connectivity index (χ3v) is 1.62. The van der Waals surface area contributed by atoms with E-state index in [-0.39, 0.29) is 23.6 Å². The normalized spacial score (nSPS) is 11.7. The van der Waals surface area contributed by atoms with E-state index in [0.29, 0.717) is 11.9 Å². The van der Waals surface area contributed by atoms with Gasteiger partial charge in [-0.2, -0.15) is 0 Å². The van der Waals surface area contributed by atoms with E-state index in [1.54, 1.807) is 0 Å². The maximum atomic E-state index is 12.2. The average Bonchev–Trinajstić information content (AvgIpc) is 2.04. The van der Waals surface area contributed by atoms with E-state index in [1.165, 1.54) is 12.1 Å². The van der Waals surface area contributed by atoms with Gasteiger partial charge in [0.05, 0.1) is 6.33 Å². The zero-order chi connectivity index (χ0) is 9.84. The molecule has 3 nitrogen and oxygen atoms in total. The van der Waals surface area contributed by atoms with Crippen molar-refractivity contribution in [3.05, 3.63) is 30.1 Å². The predicted molar refractivity (Wildman–Crippen MR) is 47.9 cm³/mol. The minimum absolute atomic E-state index is 0.0133. The Morgan fingerprint density at radius 3 is 2.23 bits per heavy atom. The number of hydrogen-bond donors (Lipinski definition) is 3. The number of phenols is 2. The van der Waals surface area contributed by atoms with Gasteiger partial charge in [0.1, 0.15) is 11.5 Å². The van der Waals surface area contributed by atoms with Crippen LogP contribution < -0.4 is 5.73 Å². The Labute approximate surface area is 74.9 Å². The molecule has 4 N–H and O–H groups in total. The van der Waals surface area contributed by atoms with Crippen LogP contribution in [0.3, 0.4) is 0 Å². The first-order valence-electron chi connectivity index (χ1n) is 3.70. The van der Waals surface area contributed by atoms with Crippen LogP contribution >= 0.6 is 0 Å². The lowest BCUT2D eigenvalue weighted by Crippen LogP contribution is -2.01. The van der Waals surface area contributed by atoms with Crippen molar-refractivity contribution in [1.29, 1.82) is 0 Å². The highest BCUT2D eigenvalue weighted by molar-refractivity contribution is 5.68. The second-order valence-electron chi connectivity index (χ2n) is 2.58. The first-order valence-corrected chi connectivity index (χ1v) is 3.70. The highest BCUT2D eigenvalue weighted by Crippen LogP contribution is 2.24. The molecule has 1 rings (SSSR count). The van der Waals surface area contributed by atoms with Gasteiger partial charge in [-0.15, -0.1) is 0 Å². The summed E-state index contributed by atoms with van der Waals surface area (Å²) in [6.07, 6.45) is 0.355. The first-order chi connectivity index (χ1) is 6.17. The molecule has 0 fully saturated rings. The molecule has 0 aliphatic carbocycles. The predicted octanol–water partition coefficient (Wildman–Crippen LogP) is 1.37. The molecule has 0 aliphatic rings. The van der Waals surface area contributed by atoms with Gasteiger partial charge in [0.2, 0.25) is 0 Å². The fourth-order valence-electron chi connectivity index (χ4n) is 1.01. The fourth-order valence-corrected chi connectivity index (χ4v) is 1.01. The molecule has 1 aromatic rings. The monoisotopic (exact) mass is 183 g/mol. The van der Waals surface area contributed by atoms with E-state index < -0.39 is 0 Å². The Kier molecular flexibility index (Phi) is 2.87. The van der Waals surface area contributed by atoms with Crippen molar-refractivity contribution >= 4 is 5.57 Å². The summed E-state index contributed by atoms with van der Waals surface area (Å²) in [5, 5.41) is 18.2. The zero-order valence-corrected chi connectivity index (χ0v) is 6.87. The molecule has 70 valence electrons. The summed E-state index contributed by atoms with van der Waals surface area (Å²) in [6, 6.07) is 3.83. The second kappa shape index (κ2) is 3.91. The van der Waals surface area contributed by atoms with Gasteiger partial charge < -0.3 is 15.9 Å². The Hall–Kier alpha value is -1.55. The van der Waals surface area contributed by atoms with E-state index in [0.717, 1.165) is 6.07 Å². The van der Waals surface area contributed by atoms with Crippen LogP contribution in [-0.2, 0) is 0 Å². The quantitative estimate of drug-likeness (QED) is 0.648. The summed E-state index contributed by atoms with van der Waals surface area (Å²) in [5.74, 6) is -0.245. The Balaban J connectivity index is 3.14. The molecule has 0 saturated heterocycles. The highest BCUT2D eigenvalue weighted by Gasteiger charge is 2.03. The maximum Gasteiger partial charge on any atom is 0.119 e. The smallest absolute Gasteiger partial charge is 0.119 e. The number of hydrogen-bond acceptors (Lipinski definition) is 3. The van der Waals surface area contributed by atoms with Crippen LogP contribution in [0.1, 0.15) is 5.56 Å². The largest absolute Gasteiger partial charge is 0.508 e. The molecule has 13 heavy (non-hydrogen) atoms. The Morgan fingerprint density at radius 2 is 1.85 bits per heavy atom. The minimum atomic E-state index is -0.122. The zero-order valence-electron chi connectivity index (χ0n) is 6.87. The highest BCUT2D eigenvalue weighted by atomic mass is 19.1. The van der Waals surface area contributed by atoms with Gasteiger partial charge in [-0.05, 0) is 17.7 Å². The molecule has 0 aliphatic heterocycles. The molecule has 0 atom stereocenters. The molecule has 0 unspecified atom stereocenters. The van der Waals surface area contributed by atoms with E-state index in [2.05, 4.69) is 0 Å². The van der Waals surface area contributed by atoms with Gasteiger partial charge in [0, 0.05) is 18.2 Å². The van der Waals surface area contributed by atoms with Crippen molar-refractivity contribution in [2.45, 2.75) is 0 Å². The summed E-state index contributed by atoms with van der Waals surface area (Å²) >= 11 is 0. The van der Waals surface area contributed by atoms with Gasteiger partial charge in [-0.3, -0.25) is 0 Å². The van der Waals surface area contributed by atoms with E-state index in [9.17, 15) is 4.39 Å². The summed E-state index contributed by atoms with van der Waals surface area (Å²) in [4.78, 5) is 0. The average molecular weight is 183 g/mol. The molecule has 1 aromatic carbocycles. The van der Waals surface area contributed by atoms with Crippen LogP contribution in [0.15, 0.2) is 24.5 Å². The minimum Gasteiger partial charge on any atom is -0.508 e. The van der Waals surface area contributed by atoms with Gasteiger partial charge in [0.15, 0.2) is 0 Å². The van der Waals surface area contributed by atoms with Crippen LogP contribution in [0, 0.1) is 0 Å². The Bertz CT molecular complexity index is 316. The molecular weight excluding hydrogens is 173 g/mol. The van der Waals surface area contributed by atoms with E-state index in [1.807, 2.05) is 0 Å². The lowest BCUT2D eigenvalue weighted by Gasteiger charge is -2.04. The van der Waals surface area contributed by atoms with Crippen LogP contribution in [0.2, 0.25) is 0 Å². The SMILES string of the molecule is NC/C(=C/F)c1cc(O)cc(O)c1. The van der Waals surface area contributed by atoms with Crippen LogP contribution in [0.5, 0.6) is 11.5 Å². The number of aromatic hydroxyl groups is 2. The van der Waals surface area contributed by atoms with Crippen molar-refractivity contribution in [3.8, 4) is 11.5 Å². The van der Waals surface area contributed by atoms with Crippen LogP contribution in [0.4, 0.5) is 4.39 Å². The van der Waals surface area contributed by atoms with Gasteiger partial charge >= 0.3 is 0 Å². The molecule has 0 bridgehead atoms. The topological polar surface area (TPSA) is 66.5 Å². The summed E-state index contributed by atoms with van der Waals surface area (Å²) in [7, 11) is 0. The fraction of sp³-hybridized carbons (Fsp3) is 0.111. The van der Waals surface area contributed by atoms with Crippen LogP contribution in [0.25, 0.3) is 5.57 Å². The van der Waals surface area contributed by atoms with Crippen molar-refractivity contribution < 1.29 is 14.6 Å². The van der Waals surface area contributed by atoms with Crippen molar-refractivity contribution in [2.75, 3.05) is 6.54 Å². The second-order valence-corrected chi connectivity index (χ2v) is 2.58. The number of nitrogens with two attached hydrogens (primary N) is 1. The lowest BCUT2D eigenvalue weighted by atomic mass is 10.1. The summed E-state index contributed by atoms with van der Waals surface area (Å²) < 4.78 is 12.2. The molecule has 0 radical (unpaired) electrons. The van der Waals surface area contributed by atoms with Crippen molar-refractivity contribution in [3.63, 3.8) is 0 Å². The van der Waals surface area contributed by atoms with Gasteiger partial charge in [-0.1, -0.05) is 0 Å². The molecule has 4 heteroatoms. The first kappa shape index (κ1) is 9.54. The number of benzene rings is 1. The lowest BCUT2D eigenvalue weighted by molar-refractivity contribution is 0.450. The summed E-state index contributed by atoms with van der Waals surface area (Å²) in [5.41, 5.74) is 5.85. The third-order valence-electron chi connectivity index (χ3n) is 1.62. The van der Waals surface area contributed by atoms with Crippen molar-refractivity contribution in [2.24, 2.45) is 5.73 Å². The summed E-state index contributed by atoms with van der Waals surface area (Å²) in [6.45, 7) is 0.0133. The van der Waals surface area contributed by atoms with Crippen LogP contribution in [-0.4, -0.2) is 16.8 Å². The molecule has 0 aromatic heterocycles. The Morgan fingerprint density at radius 1 is 1.31 bits per heavy atom. The number of halogens is 1. The number of phenolic OH excluding ortho intramolecular Hbond substituents is 2. The molecular formula is C9H10FNO2. The molecule has 0 spiro atoms. The number of rotatable bonds is 2. The van der Waals surface area contributed by atoms with E-state index >= 15 is 0 Å². The third kappa shape index (κ3) is 2.19. The van der Waals surface area contributed by atoms with Gasteiger partial charge in [-0.25, -0.2) is 4.39 Å². The van der Waals surface area contributed by atoms with E-state index in [4.69, 9.17) is 15.9 Å². The van der Waals surface area contributed by atoms with Gasteiger partial charge in [0.25, 0.3) is 0 Å². The molecule has 0 heterocycles. The standard InChI is InChI=1S/C9H10FNO2/c10-4-7(5-11)6-1-8(12)3-9(13)2-6/h1-4,12-13H,5,11H2/b7-4-. The van der Waals surface area contributed by atoms with Crippen molar-refractivity contribution in [1.82, 2.24) is 0 Å². The maximum absolute atomic E-state index is 12.2. The molecule has 0 amide bonds.